The number of nitro groups is 1. The molecule has 0 saturated carbocycles. The molecule has 3 rings (SSSR count). The maximum absolute atomic E-state index is 13.7. The molecule has 38 heavy (non-hydrogen) atoms. The van der Waals surface area contributed by atoms with E-state index in [0.717, 1.165) is 10.4 Å². The van der Waals surface area contributed by atoms with Crippen LogP contribution in [-0.2, 0) is 14.8 Å². The summed E-state index contributed by atoms with van der Waals surface area (Å²) < 4.78 is 33.3. The molecule has 0 aliphatic carbocycles. The molecule has 3 aromatic carbocycles. The molecule has 2 N–H and O–H groups in total. The van der Waals surface area contributed by atoms with Crippen LogP contribution in [0.5, 0.6) is 5.75 Å². The van der Waals surface area contributed by atoms with Gasteiger partial charge in [-0.2, -0.15) is 0 Å². The van der Waals surface area contributed by atoms with E-state index in [-0.39, 0.29) is 33.6 Å². The van der Waals surface area contributed by atoms with Crippen LogP contribution < -0.4 is 19.7 Å². The zero-order chi connectivity index (χ0) is 28.0. The highest BCUT2D eigenvalue weighted by molar-refractivity contribution is 7.92. The maximum atomic E-state index is 13.7. The Morgan fingerprint density at radius 2 is 1.71 bits per heavy atom. The molecule has 3 aromatic rings. The lowest BCUT2D eigenvalue weighted by Crippen LogP contribution is -2.38. The van der Waals surface area contributed by atoms with Crippen molar-refractivity contribution in [1.29, 1.82) is 0 Å². The molecule has 0 aliphatic heterocycles. The highest BCUT2D eigenvalue weighted by atomic mass is 32.2. The minimum Gasteiger partial charge on any atom is -0.497 e. The van der Waals surface area contributed by atoms with Crippen LogP contribution >= 0.6 is 0 Å². The van der Waals surface area contributed by atoms with Crippen LogP contribution in [0.15, 0.2) is 71.6 Å². The van der Waals surface area contributed by atoms with Crippen molar-refractivity contribution in [2.45, 2.75) is 31.7 Å². The minimum atomic E-state index is -4.43. The fourth-order valence-electron chi connectivity index (χ4n) is 3.59. The first-order valence-corrected chi connectivity index (χ1v) is 13.0. The molecule has 0 bridgehead atoms. The Labute approximate surface area is 220 Å². The van der Waals surface area contributed by atoms with Gasteiger partial charge in [0.1, 0.15) is 12.3 Å². The van der Waals surface area contributed by atoms with Crippen LogP contribution in [0.1, 0.15) is 29.8 Å². The number of aryl methyl sites for hydroxylation is 1. The number of methoxy groups -OCH3 is 1. The SMILES string of the molecule is COc1ccc(N(CC(=O)Nc2ccccc2C(=O)NC(C)C)S(=O)(=O)c2ccc(C)c([N+](=O)[O-])c2)cc1. The first-order valence-electron chi connectivity index (χ1n) is 11.6. The minimum absolute atomic E-state index is 0.134. The molecular formula is C26H28N4O7S. The highest BCUT2D eigenvalue weighted by Crippen LogP contribution is 2.29. The van der Waals surface area contributed by atoms with Crippen LogP contribution in [0.3, 0.4) is 0 Å². The molecule has 0 aliphatic rings. The van der Waals surface area contributed by atoms with Crippen LogP contribution in [0.4, 0.5) is 17.1 Å². The van der Waals surface area contributed by atoms with Gasteiger partial charge >= 0.3 is 0 Å². The molecular weight excluding hydrogens is 512 g/mol. The first-order chi connectivity index (χ1) is 17.9. The quantitative estimate of drug-likeness (QED) is 0.293. The number of carbonyl (C=O) groups excluding carboxylic acids is 2. The van der Waals surface area contributed by atoms with Gasteiger partial charge in [0.2, 0.25) is 5.91 Å². The van der Waals surface area contributed by atoms with Crippen molar-refractivity contribution < 1.29 is 27.7 Å². The predicted octanol–water partition coefficient (Wildman–Crippen LogP) is 3.88. The topological polar surface area (TPSA) is 148 Å². The van der Waals surface area contributed by atoms with Gasteiger partial charge in [-0.25, -0.2) is 8.42 Å². The maximum Gasteiger partial charge on any atom is 0.273 e. The Kier molecular flexibility index (Phi) is 8.68. The largest absolute Gasteiger partial charge is 0.497 e. The van der Waals surface area contributed by atoms with Gasteiger partial charge < -0.3 is 15.4 Å². The number of hydrogen-bond acceptors (Lipinski definition) is 7. The number of hydrogen-bond donors (Lipinski definition) is 2. The third-order valence-electron chi connectivity index (χ3n) is 5.48. The van der Waals surface area contributed by atoms with Crippen molar-refractivity contribution in [2.24, 2.45) is 0 Å². The smallest absolute Gasteiger partial charge is 0.273 e. The zero-order valence-electron chi connectivity index (χ0n) is 21.3. The lowest BCUT2D eigenvalue weighted by molar-refractivity contribution is -0.385. The lowest BCUT2D eigenvalue weighted by atomic mass is 10.1. The van der Waals surface area contributed by atoms with E-state index in [2.05, 4.69) is 10.6 Å². The fourth-order valence-corrected chi connectivity index (χ4v) is 5.03. The molecule has 12 heteroatoms. The number of nitrogens with one attached hydrogen (secondary N) is 2. The van der Waals surface area contributed by atoms with Gasteiger partial charge in [-0.3, -0.25) is 24.0 Å². The van der Waals surface area contributed by atoms with Gasteiger partial charge in [-0.1, -0.05) is 18.2 Å². The number of benzene rings is 3. The Balaban J connectivity index is 2.00. The highest BCUT2D eigenvalue weighted by Gasteiger charge is 2.29. The number of sulfonamides is 1. The summed E-state index contributed by atoms with van der Waals surface area (Å²) in [7, 11) is -2.97. The van der Waals surface area contributed by atoms with Gasteiger partial charge in [0.15, 0.2) is 0 Å². The van der Waals surface area contributed by atoms with Crippen molar-refractivity contribution >= 4 is 38.9 Å². The summed E-state index contributed by atoms with van der Waals surface area (Å²) in [6, 6.07) is 15.7. The van der Waals surface area contributed by atoms with Gasteiger partial charge in [0.25, 0.3) is 21.6 Å². The van der Waals surface area contributed by atoms with Crippen molar-refractivity contribution in [3.05, 3.63) is 88.0 Å². The van der Waals surface area contributed by atoms with Gasteiger partial charge in [0, 0.05) is 17.7 Å². The molecule has 2 amide bonds. The van der Waals surface area contributed by atoms with Crippen LogP contribution in [-0.4, -0.2) is 44.9 Å². The summed E-state index contributed by atoms with van der Waals surface area (Å²) in [5, 5.41) is 16.8. The van der Waals surface area contributed by atoms with Crippen LogP contribution in [0.2, 0.25) is 0 Å². The average Bonchev–Trinajstić information content (AvgIpc) is 2.87. The van der Waals surface area contributed by atoms with Crippen LogP contribution in [0.25, 0.3) is 0 Å². The Bertz CT molecular complexity index is 1450. The third-order valence-corrected chi connectivity index (χ3v) is 7.25. The van der Waals surface area contributed by atoms with Gasteiger partial charge in [0.05, 0.1) is 33.9 Å². The molecule has 0 fully saturated rings. The van der Waals surface area contributed by atoms with E-state index in [9.17, 15) is 28.1 Å². The number of nitrogens with zero attached hydrogens (tertiary/aromatic N) is 2. The normalized spacial score (nSPS) is 11.1. The van der Waals surface area contributed by atoms with Gasteiger partial charge in [-0.05, 0) is 63.2 Å². The molecule has 0 unspecified atom stereocenters. The van der Waals surface area contributed by atoms with E-state index in [0.29, 0.717) is 11.3 Å². The summed E-state index contributed by atoms with van der Waals surface area (Å²) in [4.78, 5) is 36.1. The summed E-state index contributed by atoms with van der Waals surface area (Å²) in [6.07, 6.45) is 0. The molecule has 0 radical (unpaired) electrons. The van der Waals surface area contributed by atoms with Crippen molar-refractivity contribution in [3.63, 3.8) is 0 Å². The predicted molar refractivity (Wildman–Crippen MR) is 143 cm³/mol. The number of carbonyl (C=O) groups is 2. The van der Waals surface area contributed by atoms with E-state index in [1.165, 1.54) is 62.6 Å². The average molecular weight is 541 g/mol. The third kappa shape index (κ3) is 6.45. The van der Waals surface area contributed by atoms with E-state index < -0.39 is 33.3 Å². The Hall–Kier alpha value is -4.45. The van der Waals surface area contributed by atoms with Gasteiger partial charge in [-0.15, -0.1) is 0 Å². The lowest BCUT2D eigenvalue weighted by Gasteiger charge is -2.24. The van der Waals surface area contributed by atoms with E-state index >= 15 is 0 Å². The van der Waals surface area contributed by atoms with Crippen molar-refractivity contribution in [1.82, 2.24) is 5.32 Å². The van der Waals surface area contributed by atoms with Crippen LogP contribution in [0, 0.1) is 17.0 Å². The molecule has 0 heterocycles. The second kappa shape index (κ2) is 11.7. The fraction of sp³-hybridized carbons (Fsp3) is 0.231. The molecule has 0 atom stereocenters. The summed E-state index contributed by atoms with van der Waals surface area (Å²) in [5.41, 5.74) is 0.473. The summed E-state index contributed by atoms with van der Waals surface area (Å²) >= 11 is 0. The number of ether oxygens (including phenoxy) is 1. The number of nitro benzene ring substituents is 1. The van der Waals surface area contributed by atoms with Crippen molar-refractivity contribution in [2.75, 3.05) is 23.3 Å². The number of rotatable bonds is 10. The Morgan fingerprint density at radius 3 is 2.32 bits per heavy atom. The first kappa shape index (κ1) is 28.1. The zero-order valence-corrected chi connectivity index (χ0v) is 22.1. The molecule has 0 spiro atoms. The van der Waals surface area contributed by atoms with E-state index in [4.69, 9.17) is 4.74 Å². The standard InChI is InChI=1S/C26H28N4O7S/c1-17(2)27-26(32)22-7-5-6-8-23(22)28-25(31)16-29(19-10-12-20(37-4)13-11-19)38(35,36)21-14-9-18(3)24(15-21)30(33)34/h5-15,17H,16H2,1-4H3,(H,27,32)(H,28,31). The molecule has 0 aromatic heterocycles. The molecule has 0 saturated heterocycles. The van der Waals surface area contributed by atoms with E-state index in [1.54, 1.807) is 26.0 Å². The number of para-hydroxylation sites is 1. The number of amides is 2. The summed E-state index contributed by atoms with van der Waals surface area (Å²) in [5.74, 6) is -0.662. The number of anilines is 2. The van der Waals surface area contributed by atoms with E-state index in [1.807, 2.05) is 0 Å². The Morgan fingerprint density at radius 1 is 1.05 bits per heavy atom. The monoisotopic (exact) mass is 540 g/mol. The second-order valence-corrected chi connectivity index (χ2v) is 10.5. The summed E-state index contributed by atoms with van der Waals surface area (Å²) in [6.45, 7) is 4.42. The molecule has 200 valence electrons. The van der Waals surface area contributed by atoms with Crippen molar-refractivity contribution in [3.8, 4) is 5.75 Å². The molecule has 11 nitrogen and oxygen atoms in total. The second-order valence-electron chi connectivity index (χ2n) is 8.64.